The molecule has 0 saturated heterocycles. The first-order valence-electron chi connectivity index (χ1n) is 11.2. The topological polar surface area (TPSA) is 83.5 Å². The molecular formula is C27H26F4O7. The van der Waals surface area contributed by atoms with E-state index in [4.69, 9.17) is 28.8 Å². The highest BCUT2D eigenvalue weighted by atomic mass is 19.4. The zero-order chi connectivity index (χ0) is 27.9. The van der Waals surface area contributed by atoms with Crippen molar-refractivity contribution in [3.63, 3.8) is 0 Å². The summed E-state index contributed by atoms with van der Waals surface area (Å²) in [4.78, 5) is 10.8. The molecular weight excluding hydrogens is 512 g/mol. The minimum Gasteiger partial charge on any atom is -0.486 e. The molecule has 0 radical (unpaired) electrons. The van der Waals surface area contributed by atoms with Crippen LogP contribution in [0.3, 0.4) is 0 Å². The Morgan fingerprint density at radius 2 is 1.58 bits per heavy atom. The number of methoxy groups -OCH3 is 3. The number of carbonyl (C=O) groups is 1. The van der Waals surface area contributed by atoms with Crippen LogP contribution < -0.4 is 9.47 Å². The summed E-state index contributed by atoms with van der Waals surface area (Å²) < 4.78 is 82.1. The zero-order valence-corrected chi connectivity index (χ0v) is 20.8. The quantitative estimate of drug-likeness (QED) is 0.224. The summed E-state index contributed by atoms with van der Waals surface area (Å²) in [7, 11) is 3.78. The number of hydrogen-bond donors (Lipinski definition) is 1. The Morgan fingerprint density at radius 3 is 2.13 bits per heavy atom. The summed E-state index contributed by atoms with van der Waals surface area (Å²) in [6.45, 7) is -0.784. The van der Waals surface area contributed by atoms with Crippen LogP contribution in [-0.4, -0.2) is 39.2 Å². The monoisotopic (exact) mass is 538 g/mol. The smallest absolute Gasteiger partial charge is 0.419 e. The van der Waals surface area contributed by atoms with E-state index in [1.165, 1.54) is 39.5 Å². The molecule has 11 heteroatoms. The van der Waals surface area contributed by atoms with E-state index in [0.29, 0.717) is 16.7 Å². The van der Waals surface area contributed by atoms with E-state index in [2.05, 4.69) is 0 Å². The second-order valence-electron chi connectivity index (χ2n) is 8.07. The molecule has 0 aliphatic heterocycles. The number of aliphatic carboxylic acids is 1. The van der Waals surface area contributed by atoms with Crippen molar-refractivity contribution in [1.82, 2.24) is 0 Å². The lowest BCUT2D eigenvalue weighted by molar-refractivity contribution is -0.141. The van der Waals surface area contributed by atoms with Gasteiger partial charge in [-0.25, -0.2) is 4.39 Å². The van der Waals surface area contributed by atoms with E-state index in [1.807, 2.05) is 0 Å². The van der Waals surface area contributed by atoms with E-state index < -0.39 is 42.4 Å². The number of carboxylic acid groups (broad SMARTS) is 1. The largest absolute Gasteiger partial charge is 0.486 e. The molecule has 7 nitrogen and oxygen atoms in total. The second-order valence-corrected chi connectivity index (χ2v) is 8.07. The Labute approximate surface area is 216 Å². The van der Waals surface area contributed by atoms with Crippen molar-refractivity contribution in [3.8, 4) is 22.6 Å². The minimum atomic E-state index is -4.74. The first-order chi connectivity index (χ1) is 18.1. The third-order valence-electron chi connectivity index (χ3n) is 5.53. The van der Waals surface area contributed by atoms with Crippen LogP contribution in [0, 0.1) is 5.82 Å². The highest BCUT2D eigenvalue weighted by Crippen LogP contribution is 2.43. The van der Waals surface area contributed by atoms with Crippen LogP contribution in [0.5, 0.6) is 11.5 Å². The van der Waals surface area contributed by atoms with Crippen molar-refractivity contribution in [3.05, 3.63) is 82.7 Å². The van der Waals surface area contributed by atoms with Crippen LogP contribution in [0.2, 0.25) is 0 Å². The molecule has 0 saturated carbocycles. The van der Waals surface area contributed by atoms with Crippen molar-refractivity contribution < 1.29 is 51.1 Å². The van der Waals surface area contributed by atoms with Gasteiger partial charge in [0.05, 0.1) is 17.5 Å². The molecule has 0 unspecified atom stereocenters. The van der Waals surface area contributed by atoms with Crippen molar-refractivity contribution in [2.24, 2.45) is 0 Å². The van der Waals surface area contributed by atoms with Crippen molar-refractivity contribution in [2.45, 2.75) is 25.5 Å². The predicted molar refractivity (Wildman–Crippen MR) is 128 cm³/mol. The SMILES string of the molecule is COCOc1c(C(F)(F)F)ccc(COc2ccc(-c3ccc(CC(=O)O)cc3)cc2F)c1C(OC)OC. The van der Waals surface area contributed by atoms with Crippen LogP contribution in [0.4, 0.5) is 17.6 Å². The number of hydrogen-bond acceptors (Lipinski definition) is 6. The molecule has 0 atom stereocenters. The third kappa shape index (κ3) is 7.00. The van der Waals surface area contributed by atoms with Gasteiger partial charge in [-0.15, -0.1) is 0 Å². The lowest BCUT2D eigenvalue weighted by Crippen LogP contribution is -2.17. The van der Waals surface area contributed by atoms with Crippen LogP contribution in [0.15, 0.2) is 54.6 Å². The highest BCUT2D eigenvalue weighted by molar-refractivity contribution is 5.71. The Kier molecular flexibility index (Phi) is 9.67. The maximum absolute atomic E-state index is 14.9. The number of rotatable bonds is 12. The molecule has 0 aliphatic rings. The van der Waals surface area contributed by atoms with Gasteiger partial charge in [-0.05, 0) is 34.9 Å². The average Bonchev–Trinajstić information content (AvgIpc) is 2.87. The van der Waals surface area contributed by atoms with Gasteiger partial charge in [-0.3, -0.25) is 4.79 Å². The normalized spacial score (nSPS) is 11.6. The van der Waals surface area contributed by atoms with E-state index >= 15 is 0 Å². The molecule has 3 aromatic carbocycles. The maximum Gasteiger partial charge on any atom is 0.419 e. The lowest BCUT2D eigenvalue weighted by Gasteiger charge is -2.24. The summed E-state index contributed by atoms with van der Waals surface area (Å²) in [6.07, 6.45) is -6.10. The van der Waals surface area contributed by atoms with Crippen LogP contribution in [0.1, 0.15) is 28.5 Å². The first kappa shape index (κ1) is 28.9. The summed E-state index contributed by atoms with van der Waals surface area (Å²) >= 11 is 0. The number of alkyl halides is 3. The van der Waals surface area contributed by atoms with Gasteiger partial charge in [0.25, 0.3) is 0 Å². The molecule has 0 aliphatic carbocycles. The molecule has 3 rings (SSSR count). The Hall–Kier alpha value is -3.67. The molecule has 0 aromatic heterocycles. The molecule has 204 valence electrons. The van der Waals surface area contributed by atoms with Crippen LogP contribution in [-0.2, 0) is 38.2 Å². The fourth-order valence-electron chi connectivity index (χ4n) is 3.80. The van der Waals surface area contributed by atoms with Gasteiger partial charge in [0.15, 0.2) is 24.6 Å². The third-order valence-corrected chi connectivity index (χ3v) is 5.53. The fraction of sp³-hybridized carbons (Fsp3) is 0.296. The number of benzene rings is 3. The van der Waals surface area contributed by atoms with E-state index in [9.17, 15) is 22.4 Å². The molecule has 0 amide bonds. The first-order valence-corrected chi connectivity index (χ1v) is 11.2. The van der Waals surface area contributed by atoms with E-state index in [1.54, 1.807) is 30.3 Å². The molecule has 0 spiro atoms. The predicted octanol–water partition coefficient (Wildman–Crippen LogP) is 5.99. The molecule has 38 heavy (non-hydrogen) atoms. The van der Waals surface area contributed by atoms with Gasteiger partial charge in [0.1, 0.15) is 12.4 Å². The summed E-state index contributed by atoms with van der Waals surface area (Å²) in [5.74, 6) is -2.33. The van der Waals surface area contributed by atoms with Gasteiger partial charge < -0.3 is 28.8 Å². The van der Waals surface area contributed by atoms with Crippen molar-refractivity contribution in [1.29, 1.82) is 0 Å². The van der Waals surface area contributed by atoms with Gasteiger partial charge in [0.2, 0.25) is 0 Å². The summed E-state index contributed by atoms with van der Waals surface area (Å²) in [5.41, 5.74) is 0.889. The number of ether oxygens (including phenoxy) is 5. The van der Waals surface area contributed by atoms with Gasteiger partial charge >= 0.3 is 12.1 Å². The Morgan fingerprint density at radius 1 is 0.921 bits per heavy atom. The van der Waals surface area contributed by atoms with Crippen LogP contribution >= 0.6 is 0 Å². The lowest BCUT2D eigenvalue weighted by atomic mass is 10.0. The van der Waals surface area contributed by atoms with E-state index in [0.717, 1.165) is 6.07 Å². The van der Waals surface area contributed by atoms with Crippen molar-refractivity contribution in [2.75, 3.05) is 28.1 Å². The molecule has 0 heterocycles. The minimum absolute atomic E-state index is 0.0691. The second kappa shape index (κ2) is 12.7. The Balaban J connectivity index is 1.90. The van der Waals surface area contributed by atoms with E-state index in [-0.39, 0.29) is 29.9 Å². The van der Waals surface area contributed by atoms with Crippen molar-refractivity contribution >= 4 is 5.97 Å². The van der Waals surface area contributed by atoms with Gasteiger partial charge in [-0.1, -0.05) is 36.4 Å². The number of halogens is 4. The fourth-order valence-corrected chi connectivity index (χ4v) is 3.80. The molecule has 0 bridgehead atoms. The average molecular weight is 538 g/mol. The standard InChI is InChI=1S/C27H26F4O7/c1-34-15-38-25-20(27(29,30)31)10-8-19(24(25)26(35-2)36-3)14-37-22-11-9-18(13-21(22)28)17-6-4-16(5-7-17)12-23(32)33/h4-11,13,26H,12,14-15H2,1-3H3,(H,32,33). The molecule has 1 N–H and O–H groups in total. The Bertz CT molecular complexity index is 1240. The molecule has 0 fully saturated rings. The van der Waals surface area contributed by atoms with Crippen LogP contribution in [0.25, 0.3) is 11.1 Å². The highest BCUT2D eigenvalue weighted by Gasteiger charge is 2.38. The van der Waals surface area contributed by atoms with Gasteiger partial charge in [0, 0.05) is 26.9 Å². The van der Waals surface area contributed by atoms with Gasteiger partial charge in [-0.2, -0.15) is 13.2 Å². The maximum atomic E-state index is 14.9. The summed E-state index contributed by atoms with van der Waals surface area (Å²) in [6, 6.07) is 12.9. The summed E-state index contributed by atoms with van der Waals surface area (Å²) in [5, 5.41) is 8.89. The zero-order valence-electron chi connectivity index (χ0n) is 20.8. The number of carboxylic acids is 1. The molecule has 3 aromatic rings.